The summed E-state index contributed by atoms with van der Waals surface area (Å²) in [7, 11) is 1.56. The average molecular weight is 1240 g/mol. The van der Waals surface area contributed by atoms with Crippen molar-refractivity contribution in [1.29, 1.82) is 0 Å². The average Bonchev–Trinajstić information content (AvgIpc) is 3.01. The Labute approximate surface area is 344 Å². The molecule has 1 aromatic heterocycles. The highest BCUT2D eigenvalue weighted by molar-refractivity contribution is 14.1. The van der Waals surface area contributed by atoms with E-state index >= 15 is 0 Å². The lowest BCUT2D eigenvalue weighted by Gasteiger charge is -2.40. The third kappa shape index (κ3) is 11.3. The van der Waals surface area contributed by atoms with Crippen molar-refractivity contribution < 1.29 is 49.1 Å². The predicted molar refractivity (Wildman–Crippen MR) is 217 cm³/mol. The number of carbonyl (C=O) groups is 4. The number of esters is 1. The molecule has 48 heavy (non-hydrogen) atoms. The summed E-state index contributed by atoms with van der Waals surface area (Å²) < 4.78 is 14.5. The van der Waals surface area contributed by atoms with Crippen molar-refractivity contribution >= 4 is 142 Å². The van der Waals surface area contributed by atoms with Crippen molar-refractivity contribution in [3.63, 3.8) is 0 Å². The minimum absolute atomic E-state index is 0.000578. The SMILES string of the molecule is CC(=O)Cc1c(I)c(C(=O)N[C@H]2C(O)O[C@H](CO)[C@@H](O)[C@@H]2O)c(I)c(N(C)C(C)=O)c1I.CCCOC(=O)Cn1cc(I)c(=O)c(I)c1. The molecule has 1 fully saturated rings. The molecule has 14 nitrogen and oxygen atoms in total. The van der Waals surface area contributed by atoms with Gasteiger partial charge in [0.25, 0.3) is 5.91 Å². The molecule has 1 aliphatic rings. The molecule has 0 spiro atoms. The monoisotopic (exact) mass is 1230 g/mol. The quantitative estimate of drug-likeness (QED) is 0.172. The number of nitrogens with zero attached hydrogens (tertiary/aromatic N) is 2. The molecule has 1 saturated heterocycles. The predicted octanol–water partition coefficient (Wildman–Crippen LogP) is 2.15. The van der Waals surface area contributed by atoms with Gasteiger partial charge in [0.2, 0.25) is 11.3 Å². The van der Waals surface area contributed by atoms with Crippen molar-refractivity contribution in [3.05, 3.63) is 51.6 Å². The maximum Gasteiger partial charge on any atom is 0.325 e. The highest BCUT2D eigenvalue weighted by Crippen LogP contribution is 2.38. The number of aliphatic hydroxyl groups is 4. The molecule has 19 heteroatoms. The van der Waals surface area contributed by atoms with Crippen molar-refractivity contribution in [3.8, 4) is 0 Å². The van der Waals surface area contributed by atoms with E-state index in [9.17, 15) is 44.4 Å². The summed E-state index contributed by atoms with van der Waals surface area (Å²) >= 11 is 9.85. The van der Waals surface area contributed by atoms with Crippen LogP contribution in [0.25, 0.3) is 0 Å². The number of ketones is 1. The summed E-state index contributed by atoms with van der Waals surface area (Å²) in [5, 5.41) is 42.4. The topological polar surface area (TPSA) is 205 Å². The van der Waals surface area contributed by atoms with Gasteiger partial charge in [-0.25, -0.2) is 0 Å². The van der Waals surface area contributed by atoms with Gasteiger partial charge in [0, 0.05) is 39.9 Å². The number of hydrogen-bond acceptors (Lipinski definition) is 11. The molecule has 1 unspecified atom stereocenters. The molecule has 1 aliphatic heterocycles. The van der Waals surface area contributed by atoms with Crippen LogP contribution in [-0.2, 0) is 36.8 Å². The van der Waals surface area contributed by atoms with Crippen molar-refractivity contribution in [2.24, 2.45) is 0 Å². The molecule has 0 radical (unpaired) electrons. The van der Waals surface area contributed by atoms with Crippen LogP contribution in [0.3, 0.4) is 0 Å². The first kappa shape index (κ1) is 43.9. The van der Waals surface area contributed by atoms with Gasteiger partial charge in [-0.15, -0.1) is 0 Å². The van der Waals surface area contributed by atoms with Crippen LogP contribution in [-0.4, -0.2) is 99.5 Å². The second-order valence-electron chi connectivity index (χ2n) is 10.5. The van der Waals surface area contributed by atoms with Gasteiger partial charge < -0.3 is 44.7 Å². The molecule has 266 valence electrons. The number of aromatic nitrogens is 1. The van der Waals surface area contributed by atoms with Gasteiger partial charge in [-0.2, -0.15) is 0 Å². The van der Waals surface area contributed by atoms with Crippen LogP contribution in [0, 0.1) is 17.9 Å². The lowest BCUT2D eigenvalue weighted by atomic mass is 9.96. The first-order chi connectivity index (χ1) is 22.4. The number of halogens is 5. The van der Waals surface area contributed by atoms with E-state index in [0.717, 1.165) is 6.42 Å². The zero-order valence-corrected chi connectivity index (χ0v) is 36.8. The van der Waals surface area contributed by atoms with Crippen molar-refractivity contribution in [2.75, 3.05) is 25.2 Å². The number of rotatable bonds is 10. The Bertz CT molecular complexity index is 1560. The van der Waals surface area contributed by atoms with Crippen LogP contribution >= 0.6 is 113 Å². The number of benzene rings is 1. The fourth-order valence-corrected chi connectivity index (χ4v) is 10.9. The molecule has 5 N–H and O–H groups in total. The molecule has 0 bridgehead atoms. The number of pyridine rings is 1. The minimum Gasteiger partial charge on any atom is -0.464 e. The molecular weight excluding hydrogens is 1200 g/mol. The summed E-state index contributed by atoms with van der Waals surface area (Å²) in [5.74, 6) is -1.38. The number of hydrogen-bond donors (Lipinski definition) is 5. The normalized spacial score (nSPS) is 20.3. The lowest BCUT2D eigenvalue weighted by Crippen LogP contribution is -2.64. The number of carbonyl (C=O) groups excluding carboxylic acids is 4. The van der Waals surface area contributed by atoms with Crippen LogP contribution in [0.15, 0.2) is 17.2 Å². The van der Waals surface area contributed by atoms with Crippen molar-refractivity contribution in [1.82, 2.24) is 9.88 Å². The Hall–Kier alpha value is -0.300. The summed E-state index contributed by atoms with van der Waals surface area (Å²) in [4.78, 5) is 61.4. The summed E-state index contributed by atoms with van der Waals surface area (Å²) in [6.07, 6.45) is -1.86. The number of nitrogens with one attached hydrogen (secondary N) is 1. The maximum absolute atomic E-state index is 13.3. The number of anilines is 1. The highest BCUT2D eigenvalue weighted by atomic mass is 127. The first-order valence-corrected chi connectivity index (χ1v) is 19.5. The standard InChI is InChI=1S/C19H23I3N2O8.C10H11I2NO3/c1-6(26)4-8-11(20)10(13(22)15(12(8)21)24(3)7(2)27)18(30)23-14-17(29)16(28)9(5-25)32-19(14)31;1-2-3-16-9(14)6-13-4-7(11)10(15)8(12)5-13/h9,14,16-17,19,25,28-29,31H,4-5H2,1-3H3,(H,23,30);4-5H,2-3,6H2,1H3/t9-,14-,16-,17-,19?;/m1./s1. The Kier molecular flexibility index (Phi) is 18.3. The number of aliphatic hydroxyl groups excluding tert-OH is 4. The van der Waals surface area contributed by atoms with Crippen molar-refractivity contribution in [2.45, 2.75) is 70.8 Å². The zero-order valence-electron chi connectivity index (χ0n) is 26.0. The van der Waals surface area contributed by atoms with E-state index in [1.807, 2.05) is 120 Å². The van der Waals surface area contributed by atoms with Crippen LogP contribution in [0.5, 0.6) is 0 Å². The molecular formula is C29H34I5N3O11. The number of ether oxygens (including phenoxy) is 2. The Morgan fingerprint density at radius 1 is 0.979 bits per heavy atom. The lowest BCUT2D eigenvalue weighted by molar-refractivity contribution is -0.252. The Balaban J connectivity index is 0.000000419. The van der Waals surface area contributed by atoms with Gasteiger partial charge in [-0.3, -0.25) is 24.0 Å². The maximum atomic E-state index is 13.3. The number of Topliss-reactive ketones (excluding diaryl/α,β-unsaturated/α-hetero) is 1. The van der Waals surface area contributed by atoms with E-state index in [1.165, 1.54) is 18.7 Å². The van der Waals surface area contributed by atoms with Crippen LogP contribution in [0.1, 0.15) is 43.1 Å². The molecule has 3 rings (SSSR count). The molecule has 1 aromatic carbocycles. The molecule has 0 aliphatic carbocycles. The Morgan fingerprint density at radius 3 is 2.06 bits per heavy atom. The van der Waals surface area contributed by atoms with E-state index in [4.69, 9.17) is 9.47 Å². The van der Waals surface area contributed by atoms with E-state index in [-0.39, 0.29) is 41.6 Å². The van der Waals surface area contributed by atoms with E-state index in [2.05, 4.69) is 5.32 Å². The van der Waals surface area contributed by atoms with Gasteiger partial charge in [0.15, 0.2) is 6.29 Å². The Morgan fingerprint density at radius 2 is 1.56 bits per heavy atom. The van der Waals surface area contributed by atoms with Gasteiger partial charge in [0.05, 0.1) is 35.2 Å². The fraction of sp³-hybridized carbons (Fsp3) is 0.483. The van der Waals surface area contributed by atoms with Crippen LogP contribution in [0.4, 0.5) is 5.69 Å². The second-order valence-corrected chi connectivity index (χ2v) is 16.1. The van der Waals surface area contributed by atoms with Gasteiger partial charge in [-0.05, 0) is 132 Å². The van der Waals surface area contributed by atoms with E-state index < -0.39 is 43.2 Å². The largest absolute Gasteiger partial charge is 0.464 e. The van der Waals surface area contributed by atoms with E-state index in [0.29, 0.717) is 35.7 Å². The molecule has 2 amide bonds. The fourth-order valence-electron chi connectivity index (χ4n) is 4.29. The zero-order chi connectivity index (χ0) is 36.6. The third-order valence-electron chi connectivity index (χ3n) is 6.81. The molecule has 2 heterocycles. The first-order valence-electron chi connectivity index (χ1n) is 14.1. The third-order valence-corrected chi connectivity index (χ3v) is 11.8. The van der Waals surface area contributed by atoms with Crippen LogP contribution < -0.4 is 15.6 Å². The highest BCUT2D eigenvalue weighted by Gasteiger charge is 2.45. The second kappa shape index (κ2) is 20.1. The number of amides is 2. The molecule has 2 aromatic rings. The van der Waals surface area contributed by atoms with Crippen LogP contribution in [0.2, 0.25) is 0 Å². The summed E-state index contributed by atoms with van der Waals surface area (Å²) in [6.45, 7) is 4.69. The summed E-state index contributed by atoms with van der Waals surface area (Å²) in [6, 6.07) is -1.38. The van der Waals surface area contributed by atoms with Gasteiger partial charge in [-0.1, -0.05) is 6.92 Å². The van der Waals surface area contributed by atoms with E-state index in [1.54, 1.807) is 24.0 Å². The van der Waals surface area contributed by atoms with Gasteiger partial charge >= 0.3 is 5.97 Å². The molecule has 5 atom stereocenters. The molecule has 0 saturated carbocycles. The summed E-state index contributed by atoms with van der Waals surface area (Å²) in [5.41, 5.74) is 1.19. The minimum atomic E-state index is -1.68. The van der Waals surface area contributed by atoms with Gasteiger partial charge in [0.1, 0.15) is 36.7 Å². The smallest absolute Gasteiger partial charge is 0.325 e.